The van der Waals surface area contributed by atoms with Gasteiger partial charge in [0, 0.05) is 6.04 Å². The van der Waals surface area contributed by atoms with Crippen molar-refractivity contribution >= 4 is 27.5 Å². The van der Waals surface area contributed by atoms with E-state index in [2.05, 4.69) is 49.3 Å². The van der Waals surface area contributed by atoms with Crippen LogP contribution in [-0.2, 0) is 6.42 Å². The summed E-state index contributed by atoms with van der Waals surface area (Å²) in [5.74, 6) is 1.18. The van der Waals surface area contributed by atoms with Crippen molar-refractivity contribution in [1.29, 1.82) is 0 Å². The molecule has 0 atom stereocenters. The van der Waals surface area contributed by atoms with Crippen molar-refractivity contribution in [2.45, 2.75) is 39.2 Å². The lowest BCUT2D eigenvalue weighted by molar-refractivity contribution is 0.631. The van der Waals surface area contributed by atoms with Gasteiger partial charge in [-0.25, -0.2) is 15.0 Å². The fourth-order valence-corrected chi connectivity index (χ4v) is 2.75. The van der Waals surface area contributed by atoms with E-state index in [1.54, 1.807) is 0 Å². The third-order valence-corrected chi connectivity index (χ3v) is 4.65. The van der Waals surface area contributed by atoms with Crippen LogP contribution in [-0.4, -0.2) is 19.5 Å². The van der Waals surface area contributed by atoms with Gasteiger partial charge in [-0.3, -0.25) is 0 Å². The van der Waals surface area contributed by atoms with E-state index in [0.717, 1.165) is 22.3 Å². The Labute approximate surface area is 131 Å². The van der Waals surface area contributed by atoms with Gasteiger partial charge in [-0.2, -0.15) is 0 Å². The lowest BCUT2D eigenvalue weighted by Gasteiger charge is -2.11. The molecule has 2 aromatic rings. The number of imidazole rings is 1. The number of nitrogens with zero attached hydrogens (tertiary/aromatic N) is 4. The highest BCUT2D eigenvalue weighted by Crippen LogP contribution is 2.38. The van der Waals surface area contributed by atoms with E-state index in [0.29, 0.717) is 22.9 Å². The zero-order valence-corrected chi connectivity index (χ0v) is 13.8. The molecule has 0 spiro atoms. The van der Waals surface area contributed by atoms with Crippen LogP contribution < -0.4 is 0 Å². The topological polar surface area (TPSA) is 43.6 Å². The van der Waals surface area contributed by atoms with Crippen molar-refractivity contribution in [2.75, 3.05) is 0 Å². The van der Waals surface area contributed by atoms with Crippen molar-refractivity contribution < 1.29 is 0 Å². The number of aromatic nitrogens is 4. The molecule has 1 aliphatic carbocycles. The van der Waals surface area contributed by atoms with Gasteiger partial charge < -0.3 is 4.57 Å². The molecule has 0 aliphatic heterocycles. The molecule has 106 valence electrons. The lowest BCUT2D eigenvalue weighted by atomic mass is 10.1. The van der Waals surface area contributed by atoms with E-state index in [1.807, 2.05) is 12.5 Å². The highest BCUT2D eigenvalue weighted by atomic mass is 79.9. The minimum Gasteiger partial charge on any atom is -0.325 e. The summed E-state index contributed by atoms with van der Waals surface area (Å²) in [5.41, 5.74) is 1.91. The first-order chi connectivity index (χ1) is 9.56. The second-order valence-corrected chi connectivity index (χ2v) is 6.77. The Balaban J connectivity index is 2.04. The molecule has 20 heavy (non-hydrogen) atoms. The highest BCUT2D eigenvalue weighted by Gasteiger charge is 2.27. The Hall–Kier alpha value is -0.940. The van der Waals surface area contributed by atoms with Gasteiger partial charge in [0.05, 0.1) is 22.7 Å². The van der Waals surface area contributed by atoms with Crippen molar-refractivity contribution in [3.8, 4) is 11.5 Å². The summed E-state index contributed by atoms with van der Waals surface area (Å²) in [4.78, 5) is 13.3. The predicted octanol–water partition coefficient (Wildman–Crippen LogP) is 4.29. The molecule has 3 rings (SSSR count). The second-order valence-electron chi connectivity index (χ2n) is 5.61. The van der Waals surface area contributed by atoms with Gasteiger partial charge in [0.25, 0.3) is 0 Å². The van der Waals surface area contributed by atoms with Crippen LogP contribution in [0.3, 0.4) is 0 Å². The monoisotopic (exact) mass is 354 g/mol. The molecule has 0 bridgehead atoms. The molecule has 0 N–H and O–H groups in total. The second kappa shape index (κ2) is 5.45. The third kappa shape index (κ3) is 2.74. The van der Waals surface area contributed by atoms with E-state index in [9.17, 15) is 0 Å². The Morgan fingerprint density at radius 2 is 2.15 bits per heavy atom. The molecule has 2 aromatic heterocycles. The summed E-state index contributed by atoms with van der Waals surface area (Å²) in [5, 5.41) is 0.467. The summed E-state index contributed by atoms with van der Waals surface area (Å²) in [6.45, 7) is 4.33. The van der Waals surface area contributed by atoms with Crippen LogP contribution in [0.15, 0.2) is 17.0 Å². The molecule has 1 aliphatic rings. The zero-order valence-electron chi connectivity index (χ0n) is 11.5. The molecule has 1 fully saturated rings. The third-order valence-electron chi connectivity index (χ3n) is 3.32. The molecule has 1 saturated carbocycles. The fourth-order valence-electron chi connectivity index (χ4n) is 2.22. The molecule has 4 nitrogen and oxygen atoms in total. The van der Waals surface area contributed by atoms with Crippen LogP contribution in [0, 0.1) is 5.92 Å². The lowest BCUT2D eigenvalue weighted by Crippen LogP contribution is -2.05. The maximum atomic E-state index is 6.24. The quantitative estimate of drug-likeness (QED) is 0.768. The van der Waals surface area contributed by atoms with Crippen LogP contribution in [0.1, 0.15) is 38.4 Å². The molecule has 6 heteroatoms. The molecule has 0 saturated heterocycles. The van der Waals surface area contributed by atoms with Gasteiger partial charge in [0.15, 0.2) is 5.82 Å². The first-order valence-electron chi connectivity index (χ1n) is 6.80. The number of hydrogen-bond donors (Lipinski definition) is 0. The van der Waals surface area contributed by atoms with Gasteiger partial charge in [0.1, 0.15) is 10.8 Å². The highest BCUT2D eigenvalue weighted by molar-refractivity contribution is 9.10. The first-order valence-corrected chi connectivity index (χ1v) is 7.97. The maximum Gasteiger partial charge on any atom is 0.179 e. The maximum absolute atomic E-state index is 6.24. The van der Waals surface area contributed by atoms with Gasteiger partial charge >= 0.3 is 0 Å². The summed E-state index contributed by atoms with van der Waals surface area (Å²) >= 11 is 9.73. The van der Waals surface area contributed by atoms with E-state index in [-0.39, 0.29) is 0 Å². The molecule has 0 radical (unpaired) electrons. The average Bonchev–Trinajstić information content (AvgIpc) is 3.12. The number of rotatable bonds is 4. The Morgan fingerprint density at radius 3 is 2.80 bits per heavy atom. The van der Waals surface area contributed by atoms with Gasteiger partial charge in [-0.15, -0.1) is 0 Å². The van der Waals surface area contributed by atoms with E-state index < -0.39 is 0 Å². The largest absolute Gasteiger partial charge is 0.325 e. The van der Waals surface area contributed by atoms with Crippen molar-refractivity contribution in [1.82, 2.24) is 19.5 Å². The Bertz CT molecular complexity index is 634. The Morgan fingerprint density at radius 1 is 1.40 bits per heavy atom. The summed E-state index contributed by atoms with van der Waals surface area (Å²) in [6.07, 6.45) is 6.94. The minimum atomic E-state index is 0.467. The number of hydrogen-bond acceptors (Lipinski definition) is 3. The van der Waals surface area contributed by atoms with Gasteiger partial charge in [-0.05, 0) is 41.1 Å². The summed E-state index contributed by atoms with van der Waals surface area (Å²) in [7, 11) is 0. The predicted molar refractivity (Wildman–Crippen MR) is 82.8 cm³/mol. The smallest absolute Gasteiger partial charge is 0.179 e. The molecule has 0 aromatic carbocycles. The van der Waals surface area contributed by atoms with E-state index in [4.69, 9.17) is 11.6 Å². The van der Waals surface area contributed by atoms with Crippen LogP contribution >= 0.6 is 27.5 Å². The summed E-state index contributed by atoms with van der Waals surface area (Å²) < 4.78 is 2.95. The van der Waals surface area contributed by atoms with Crippen molar-refractivity contribution in [3.63, 3.8) is 0 Å². The molecule has 0 amide bonds. The molecular weight excluding hydrogens is 340 g/mol. The van der Waals surface area contributed by atoms with Gasteiger partial charge in [0.2, 0.25) is 0 Å². The van der Waals surface area contributed by atoms with Crippen LogP contribution in [0.5, 0.6) is 0 Å². The Kier molecular flexibility index (Phi) is 3.82. The normalized spacial score (nSPS) is 15.1. The molecule has 2 heterocycles. The SMILES string of the molecule is CC(C)Cc1nc(-c2cncn2C2CC2)nc(Cl)c1Br. The van der Waals surface area contributed by atoms with E-state index >= 15 is 0 Å². The standard InChI is InChI=1S/C14H16BrClN4/c1-8(2)5-10-12(15)13(16)19-14(18-10)11-6-17-7-20(11)9-3-4-9/h6-9H,3-5H2,1-2H3. The zero-order chi connectivity index (χ0) is 14.3. The van der Waals surface area contributed by atoms with Crippen LogP contribution in [0.25, 0.3) is 11.5 Å². The summed E-state index contributed by atoms with van der Waals surface area (Å²) in [6, 6.07) is 0.548. The molecular formula is C14H16BrClN4. The number of halogens is 2. The fraction of sp³-hybridized carbons (Fsp3) is 0.500. The van der Waals surface area contributed by atoms with Crippen molar-refractivity contribution in [3.05, 3.63) is 27.8 Å². The first kappa shape index (κ1) is 14.0. The van der Waals surface area contributed by atoms with Crippen molar-refractivity contribution in [2.24, 2.45) is 5.92 Å². The minimum absolute atomic E-state index is 0.467. The molecule has 0 unspecified atom stereocenters. The van der Waals surface area contributed by atoms with Gasteiger partial charge in [-0.1, -0.05) is 25.4 Å². The van der Waals surface area contributed by atoms with Crippen LogP contribution in [0.4, 0.5) is 0 Å². The van der Waals surface area contributed by atoms with E-state index in [1.165, 1.54) is 12.8 Å². The average molecular weight is 356 g/mol. The van der Waals surface area contributed by atoms with Crippen LogP contribution in [0.2, 0.25) is 5.15 Å².